The van der Waals surface area contributed by atoms with Crippen LogP contribution in [0.1, 0.15) is 5.56 Å². The van der Waals surface area contributed by atoms with E-state index in [2.05, 4.69) is 79.8 Å². The Hall–Kier alpha value is -10.5. The van der Waals surface area contributed by atoms with Crippen LogP contribution in [0.3, 0.4) is 0 Å². The van der Waals surface area contributed by atoms with Crippen LogP contribution in [0.15, 0.2) is 18.2 Å². The Morgan fingerprint density at radius 2 is 0.467 bits per heavy atom. The second-order valence-corrected chi connectivity index (χ2v) is 29.5. The molecule has 0 saturated carbocycles. The molecule has 0 unspecified atom stereocenters. The molecular weight excluding hydrogens is 1820 g/mol. The zero-order valence-electron chi connectivity index (χ0n) is 58.2. The summed E-state index contributed by atoms with van der Waals surface area (Å²) in [5, 5.41) is -6.09. The molecule has 0 fully saturated rings. The van der Waals surface area contributed by atoms with Crippen LogP contribution in [-0.2, 0) is 21.0 Å². The van der Waals surface area contributed by atoms with Gasteiger partial charge in [0.25, 0.3) is 0 Å². The zero-order chi connectivity index (χ0) is 90.4. The van der Waals surface area contributed by atoms with Crippen molar-refractivity contribution in [3.05, 3.63) is 23.8 Å². The van der Waals surface area contributed by atoms with Crippen molar-refractivity contribution in [2.75, 3.05) is 79.3 Å². The number of aromatic nitrogens is 8. The van der Waals surface area contributed by atoms with E-state index in [9.17, 15) is 158 Å². The van der Waals surface area contributed by atoms with Crippen LogP contribution in [0.4, 0.5) is 158 Å². The average Bonchev–Trinajstić information content (AvgIpc) is 1.57. The van der Waals surface area contributed by atoms with Gasteiger partial charge in [-0.2, -0.15) is 158 Å². The number of halogens is 36. The second-order valence-electron chi connectivity index (χ2n) is 24.8. The third-order valence-electron chi connectivity index (χ3n) is 13.6. The first kappa shape index (κ1) is 95.0. The van der Waals surface area contributed by atoms with Crippen LogP contribution < -0.4 is 66.8 Å². The monoisotopic (exact) mass is 1850 g/mol. The van der Waals surface area contributed by atoms with Crippen molar-refractivity contribution >= 4 is 52.2 Å². The van der Waals surface area contributed by atoms with E-state index in [1.54, 1.807) is 19.6 Å². The van der Waals surface area contributed by atoms with E-state index in [-0.39, 0.29) is 5.56 Å². The van der Waals surface area contributed by atoms with Crippen LogP contribution >= 0.6 is 0 Å². The fourth-order valence-corrected chi connectivity index (χ4v) is 10.4. The summed E-state index contributed by atoms with van der Waals surface area (Å²) in [5.74, 6) is -34.5. The first-order chi connectivity index (χ1) is 54.6. The van der Waals surface area contributed by atoms with E-state index in [1.807, 2.05) is 0 Å². The van der Waals surface area contributed by atoms with Crippen LogP contribution in [-0.4, -0.2) is 191 Å². The Balaban J connectivity index is 0.00000889. The van der Waals surface area contributed by atoms with E-state index < -0.39 is 320 Å². The molecule has 120 heavy (non-hydrogen) atoms. The van der Waals surface area contributed by atoms with Crippen molar-refractivity contribution in [1.82, 2.24) is 39.9 Å². The molecule has 0 N–H and O–H groups in total. The SMILES string of the molecule is C[Si](C)(C)C#Cc1ccc2c3nc4nc(nc5[n-]c(nc6nc(nc([n-]3)c2c1)-c1c(OCC(F)(F)F)c(OCC(F)(F)F)c(OCC(F)(F)F)c(OCC(F)(F)F)c1-6)c1c(OCC(F)(F)F)c(OCC(F)(F)F)c(OCC(F)(F)F)c(OCC(F)(F)F)c51)-c1c(OCC(F)(F)F)c(OCC(F)(F)F)c(OCC(F)(F)F)c(OCC(F)(F)F)c1-4.[O]=[V+2]. The number of hydrogen-bond donors (Lipinski definition) is 0. The Morgan fingerprint density at radius 3 is 0.692 bits per heavy atom. The van der Waals surface area contributed by atoms with Gasteiger partial charge in [-0.15, -0.1) is 5.54 Å². The molecule has 659 valence electrons. The number of ether oxygens (including phenoxy) is 12. The minimum atomic E-state index is -6.09. The quantitative estimate of drug-likeness (QED) is 0.0311. The standard InChI is InChI=1S/C61H36F36N8O12Si.O.V/c1-118(2,3)7-6-21-4-5-22-23(8-21)43-98-42(22)99-44-24-26(32(108-11-52(68,69)70)38(114-17-58(86,87)88)36(112-15-56(80,81)82)30(24)106-9-50(62,63)64)46(101-44)103-48-28-29(35(111-14-55(77,78)79)41(117-20-61(95,96)97)40(116-19-60(92,93)94)34(28)110-13-54(74,75)76)49(105-48)104-47-27-25(45(100-43)102-47)31(107-10-51(65,66)67)37(113-16-57(83,84)85)39(115-18-59(89,90)91)33(27)109-12-53(71,72)73;;/h4-5,8H,9-20H2,1-3H3;;/q-2;;+2. The topological polar surface area (TPSA) is 233 Å². The van der Waals surface area contributed by atoms with E-state index >= 15 is 0 Å². The van der Waals surface area contributed by atoms with Gasteiger partial charge in [-0.05, 0) is 22.9 Å². The summed E-state index contributed by atoms with van der Waals surface area (Å²) in [4.78, 5) is 30.6. The summed E-state index contributed by atoms with van der Waals surface area (Å²) in [5.41, 5.74) is -12.6. The fourth-order valence-electron chi connectivity index (χ4n) is 9.90. The zero-order valence-corrected chi connectivity index (χ0v) is 60.6. The minimum absolute atomic E-state index is 0.291. The number of rotatable bonds is 24. The molecule has 0 radical (unpaired) electrons. The van der Waals surface area contributed by atoms with Gasteiger partial charge in [0.05, 0.1) is 45.6 Å². The number of benzene rings is 4. The van der Waals surface area contributed by atoms with Crippen LogP contribution in [0.25, 0.3) is 89.7 Å². The first-order valence-corrected chi connectivity index (χ1v) is 35.3. The van der Waals surface area contributed by atoms with Crippen molar-refractivity contribution in [3.63, 3.8) is 0 Å². The van der Waals surface area contributed by atoms with Gasteiger partial charge in [0.15, 0.2) is 114 Å². The van der Waals surface area contributed by atoms with Gasteiger partial charge < -0.3 is 86.7 Å². The van der Waals surface area contributed by atoms with E-state index in [0.717, 1.165) is 35.6 Å². The number of fused-ring (bicyclic) bond motifs is 20. The summed E-state index contributed by atoms with van der Waals surface area (Å²) < 4.78 is 588. The Bertz CT molecular complexity index is 5190. The third-order valence-corrected chi connectivity index (χ3v) is 14.5. The predicted octanol–water partition coefficient (Wildman–Crippen LogP) is 18.5. The number of hydrogen-bond acceptors (Lipinski definition) is 19. The van der Waals surface area contributed by atoms with Crippen molar-refractivity contribution in [1.29, 1.82) is 0 Å². The Kier molecular flexibility index (Phi) is 27.0. The van der Waals surface area contributed by atoms with Gasteiger partial charge in [-0.25, -0.2) is 9.97 Å². The van der Waals surface area contributed by atoms with Gasteiger partial charge in [-0.1, -0.05) is 31.6 Å². The van der Waals surface area contributed by atoms with Crippen molar-refractivity contribution < 1.29 is 236 Å². The fraction of sp³-hybridized carbons (Fsp3) is 0.443. The van der Waals surface area contributed by atoms with Crippen molar-refractivity contribution in [3.8, 4) is 126 Å². The van der Waals surface area contributed by atoms with Gasteiger partial charge in [-0.3, -0.25) is 0 Å². The second kappa shape index (κ2) is 34.2. The molecule has 3 aromatic heterocycles. The number of nitrogens with zero attached hydrogens (tertiary/aromatic N) is 8. The van der Waals surface area contributed by atoms with Crippen LogP contribution in [0.2, 0.25) is 19.6 Å². The first-order valence-electron chi connectivity index (χ1n) is 31.2. The van der Waals surface area contributed by atoms with E-state index in [0.29, 0.717) is 0 Å². The van der Waals surface area contributed by atoms with Crippen molar-refractivity contribution in [2.45, 2.75) is 93.8 Å². The van der Waals surface area contributed by atoms with Gasteiger partial charge in [0, 0.05) is 38.9 Å². The molecule has 7 aromatic rings. The third kappa shape index (κ3) is 26.0. The molecule has 0 atom stereocenters. The molecule has 0 aliphatic carbocycles. The summed E-state index contributed by atoms with van der Waals surface area (Å²) in [6, 6.07) is 2.57. The van der Waals surface area contributed by atoms with Crippen LogP contribution in [0, 0.1) is 11.5 Å². The molecule has 4 aromatic carbocycles. The summed E-state index contributed by atoms with van der Waals surface area (Å²) >= 11 is 1.06. The molecule has 59 heteroatoms. The maximum atomic E-state index is 14.7. The molecule has 0 saturated heterocycles. The molecule has 0 spiro atoms. The molecule has 21 nitrogen and oxygen atoms in total. The maximum absolute atomic E-state index is 14.7. The normalized spacial score (nSPS) is 13.4. The summed E-state index contributed by atoms with van der Waals surface area (Å²) in [7, 11) is -2.66. The van der Waals surface area contributed by atoms with E-state index in [1.165, 1.54) is 0 Å². The van der Waals surface area contributed by atoms with Crippen molar-refractivity contribution in [2.24, 2.45) is 0 Å². The van der Waals surface area contributed by atoms with Gasteiger partial charge >= 0.3 is 95.2 Å². The molecule has 2 aliphatic heterocycles. The Labute approximate surface area is 649 Å². The predicted molar refractivity (Wildman–Crippen MR) is 324 cm³/mol. The molecule has 2 aliphatic rings. The summed E-state index contributed by atoms with van der Waals surface area (Å²) in [6.07, 6.45) is -71.9. The van der Waals surface area contributed by atoms with Gasteiger partial charge in [0.2, 0.25) is 34.5 Å². The van der Waals surface area contributed by atoms with E-state index in [4.69, 9.17) is 32.1 Å². The molecule has 9 rings (SSSR count). The average molecular weight is 1850 g/mol. The Morgan fingerprint density at radius 1 is 0.275 bits per heavy atom. The molecule has 8 bridgehead atoms. The molecular formula is C61H36F36N8O13SiV. The molecule has 5 heterocycles. The number of alkyl halides is 36. The van der Waals surface area contributed by atoms with Crippen LogP contribution in [0.5, 0.6) is 69.0 Å². The van der Waals surface area contributed by atoms with Gasteiger partial charge in [0.1, 0.15) is 8.07 Å². The summed E-state index contributed by atoms with van der Waals surface area (Å²) in [6.45, 7) is -32.3. The molecule has 0 amide bonds.